The predicted molar refractivity (Wildman–Crippen MR) is 64.2 cm³/mol. The molecule has 0 aliphatic rings. The summed E-state index contributed by atoms with van der Waals surface area (Å²) in [5.41, 5.74) is 6.38. The molecule has 1 aromatic carbocycles. The molecule has 0 saturated carbocycles. The fourth-order valence-corrected chi connectivity index (χ4v) is 1.59. The molecule has 0 aromatic heterocycles. The molecule has 0 fully saturated rings. The van der Waals surface area contributed by atoms with Crippen molar-refractivity contribution in [1.29, 1.82) is 0 Å². The van der Waals surface area contributed by atoms with E-state index in [1.807, 2.05) is 0 Å². The van der Waals surface area contributed by atoms with Gasteiger partial charge >= 0.3 is 0 Å². The van der Waals surface area contributed by atoms with E-state index in [2.05, 4.69) is 0 Å². The smallest absolute Gasteiger partial charge is 0.161 e. The Bertz CT molecular complexity index is 356. The van der Waals surface area contributed by atoms with Crippen LogP contribution in [0.15, 0.2) is 18.2 Å². The van der Waals surface area contributed by atoms with Gasteiger partial charge in [-0.15, -0.1) is 0 Å². The van der Waals surface area contributed by atoms with Gasteiger partial charge in [-0.1, -0.05) is 6.07 Å². The van der Waals surface area contributed by atoms with Gasteiger partial charge in [-0.2, -0.15) is 0 Å². The Morgan fingerprint density at radius 3 is 2.41 bits per heavy atom. The van der Waals surface area contributed by atoms with Gasteiger partial charge in [0.25, 0.3) is 0 Å². The zero-order valence-corrected chi connectivity index (χ0v) is 10.1. The van der Waals surface area contributed by atoms with Crippen LogP contribution in [-0.2, 0) is 0 Å². The number of nitrogens with two attached hydrogens (primary N) is 1. The van der Waals surface area contributed by atoms with E-state index in [1.165, 1.54) is 7.11 Å². The third kappa shape index (κ3) is 3.33. The summed E-state index contributed by atoms with van der Waals surface area (Å²) < 4.78 is 10.2. The van der Waals surface area contributed by atoms with Crippen LogP contribution in [-0.4, -0.2) is 37.1 Å². The van der Waals surface area contributed by atoms with E-state index in [0.29, 0.717) is 23.5 Å². The second kappa shape index (κ2) is 6.44. The van der Waals surface area contributed by atoms with Gasteiger partial charge < -0.3 is 25.4 Å². The van der Waals surface area contributed by atoms with Crippen molar-refractivity contribution in [3.05, 3.63) is 23.8 Å². The minimum Gasteiger partial charge on any atom is -0.493 e. The summed E-state index contributed by atoms with van der Waals surface area (Å²) in [4.78, 5) is 0. The number of aliphatic hydroxyl groups is 2. The molecule has 5 heteroatoms. The zero-order chi connectivity index (χ0) is 12.8. The van der Waals surface area contributed by atoms with Crippen molar-refractivity contribution < 1.29 is 19.7 Å². The number of hydrogen-bond acceptors (Lipinski definition) is 5. The van der Waals surface area contributed by atoms with Gasteiger partial charge in [0.2, 0.25) is 0 Å². The summed E-state index contributed by atoms with van der Waals surface area (Å²) in [5, 5.41) is 18.8. The first-order valence-corrected chi connectivity index (χ1v) is 5.40. The summed E-state index contributed by atoms with van der Waals surface area (Å²) >= 11 is 0. The van der Waals surface area contributed by atoms with Crippen LogP contribution in [0.3, 0.4) is 0 Å². The fraction of sp³-hybridized carbons (Fsp3) is 0.500. The molecule has 0 saturated heterocycles. The molecule has 2 atom stereocenters. The maximum Gasteiger partial charge on any atom is 0.161 e. The molecule has 1 rings (SSSR count). The molecule has 0 amide bonds. The van der Waals surface area contributed by atoms with E-state index in [-0.39, 0.29) is 6.61 Å². The highest BCUT2D eigenvalue weighted by Gasteiger charge is 2.18. The number of hydrogen-bond donors (Lipinski definition) is 3. The van der Waals surface area contributed by atoms with Crippen LogP contribution in [0, 0.1) is 0 Å². The van der Waals surface area contributed by atoms with Gasteiger partial charge in [-0.3, -0.25) is 0 Å². The number of methoxy groups -OCH3 is 2. The lowest BCUT2D eigenvalue weighted by Gasteiger charge is -2.19. The molecular weight excluding hydrogens is 222 g/mol. The normalized spacial score (nSPS) is 14.2. The van der Waals surface area contributed by atoms with E-state index in [1.54, 1.807) is 25.3 Å². The Hall–Kier alpha value is -1.30. The average Bonchev–Trinajstić information content (AvgIpc) is 2.37. The Morgan fingerprint density at radius 1 is 1.24 bits per heavy atom. The Kier molecular flexibility index (Phi) is 5.21. The third-order valence-corrected chi connectivity index (χ3v) is 2.62. The van der Waals surface area contributed by atoms with Gasteiger partial charge in [0.1, 0.15) is 0 Å². The van der Waals surface area contributed by atoms with Crippen molar-refractivity contribution in [1.82, 2.24) is 0 Å². The molecular formula is C12H19NO4. The minimum absolute atomic E-state index is 0.0501. The van der Waals surface area contributed by atoms with Gasteiger partial charge in [0.05, 0.1) is 20.3 Å². The lowest BCUT2D eigenvalue weighted by Crippen LogP contribution is -2.29. The average molecular weight is 241 g/mol. The van der Waals surface area contributed by atoms with E-state index >= 15 is 0 Å². The molecule has 2 unspecified atom stereocenters. The van der Waals surface area contributed by atoms with Gasteiger partial charge in [0.15, 0.2) is 11.5 Å². The first-order chi connectivity index (χ1) is 8.13. The monoisotopic (exact) mass is 241 g/mol. The molecule has 96 valence electrons. The number of benzene rings is 1. The van der Waals surface area contributed by atoms with Gasteiger partial charge in [-0.25, -0.2) is 0 Å². The maximum atomic E-state index is 9.97. The Balaban J connectivity index is 2.91. The van der Waals surface area contributed by atoms with Crippen LogP contribution in [0.5, 0.6) is 11.5 Å². The Morgan fingerprint density at radius 2 is 1.88 bits per heavy atom. The largest absolute Gasteiger partial charge is 0.493 e. The molecule has 0 heterocycles. The van der Waals surface area contributed by atoms with Crippen LogP contribution in [0.25, 0.3) is 0 Å². The van der Waals surface area contributed by atoms with Crippen molar-refractivity contribution in [3.8, 4) is 11.5 Å². The fourth-order valence-electron chi connectivity index (χ4n) is 1.59. The number of ether oxygens (including phenoxy) is 2. The predicted octanol–water partition coefficient (Wildman–Crippen LogP) is 0.447. The molecule has 0 aliphatic heterocycles. The first kappa shape index (κ1) is 13.8. The number of aliphatic hydroxyl groups excluding tert-OH is 2. The zero-order valence-electron chi connectivity index (χ0n) is 10.1. The lowest BCUT2D eigenvalue weighted by molar-refractivity contribution is 0.129. The molecule has 0 spiro atoms. The quantitative estimate of drug-likeness (QED) is 0.673. The second-order valence-corrected chi connectivity index (χ2v) is 3.74. The molecule has 0 bridgehead atoms. The van der Waals surface area contributed by atoms with Crippen molar-refractivity contribution in [3.63, 3.8) is 0 Å². The minimum atomic E-state index is -0.832. The lowest BCUT2D eigenvalue weighted by atomic mass is 10.0. The van der Waals surface area contributed by atoms with Crippen LogP contribution in [0.4, 0.5) is 0 Å². The highest BCUT2D eigenvalue weighted by atomic mass is 16.5. The summed E-state index contributed by atoms with van der Waals surface area (Å²) in [6.07, 6.45) is -0.489. The molecule has 5 nitrogen and oxygen atoms in total. The Labute approximate surface area is 101 Å². The van der Waals surface area contributed by atoms with Gasteiger partial charge in [0, 0.05) is 12.6 Å². The molecule has 1 aromatic rings. The highest BCUT2D eigenvalue weighted by molar-refractivity contribution is 5.43. The summed E-state index contributed by atoms with van der Waals surface area (Å²) in [5.74, 6) is 1.14. The van der Waals surface area contributed by atoms with Gasteiger partial charge in [-0.05, 0) is 24.1 Å². The second-order valence-electron chi connectivity index (χ2n) is 3.74. The van der Waals surface area contributed by atoms with E-state index < -0.39 is 12.1 Å². The first-order valence-electron chi connectivity index (χ1n) is 5.40. The summed E-state index contributed by atoms with van der Waals surface area (Å²) in [6, 6.07) is 4.62. The van der Waals surface area contributed by atoms with Crippen LogP contribution < -0.4 is 15.2 Å². The summed E-state index contributed by atoms with van der Waals surface area (Å²) in [7, 11) is 3.08. The molecule has 0 radical (unpaired) electrons. The topological polar surface area (TPSA) is 84.9 Å². The highest BCUT2D eigenvalue weighted by Crippen LogP contribution is 2.30. The molecule has 0 aliphatic carbocycles. The molecule has 4 N–H and O–H groups in total. The van der Waals surface area contributed by atoms with Crippen molar-refractivity contribution in [2.75, 3.05) is 20.8 Å². The van der Waals surface area contributed by atoms with Crippen LogP contribution in [0.2, 0.25) is 0 Å². The van der Waals surface area contributed by atoms with E-state index in [4.69, 9.17) is 20.3 Å². The van der Waals surface area contributed by atoms with E-state index in [9.17, 15) is 5.11 Å². The molecule has 17 heavy (non-hydrogen) atoms. The van der Waals surface area contributed by atoms with Crippen LogP contribution in [0.1, 0.15) is 18.1 Å². The van der Waals surface area contributed by atoms with Crippen molar-refractivity contribution >= 4 is 0 Å². The van der Waals surface area contributed by atoms with Crippen LogP contribution >= 0.6 is 0 Å². The maximum absolute atomic E-state index is 9.97. The summed E-state index contributed by atoms with van der Waals surface area (Å²) in [6.45, 7) is -0.0501. The SMILES string of the molecule is COc1ccc(C(O)C(N)CCO)cc1OC. The van der Waals surface area contributed by atoms with Crippen molar-refractivity contribution in [2.24, 2.45) is 5.73 Å². The van der Waals surface area contributed by atoms with Crippen molar-refractivity contribution in [2.45, 2.75) is 18.6 Å². The third-order valence-electron chi connectivity index (χ3n) is 2.62. The van der Waals surface area contributed by atoms with E-state index in [0.717, 1.165) is 0 Å². The number of rotatable bonds is 6. The standard InChI is InChI=1S/C12H19NO4/c1-16-10-4-3-8(7-11(10)17-2)12(15)9(13)5-6-14/h3-4,7,9,12,14-15H,5-6,13H2,1-2H3.